The van der Waals surface area contributed by atoms with Gasteiger partial charge >= 0.3 is 0 Å². The van der Waals surface area contributed by atoms with E-state index in [4.69, 9.17) is 0 Å². The molecule has 3 heteroatoms. The van der Waals surface area contributed by atoms with Gasteiger partial charge in [-0.25, -0.2) is 0 Å². The van der Waals surface area contributed by atoms with Crippen molar-refractivity contribution in [2.24, 2.45) is 0 Å². The minimum absolute atomic E-state index is 1.24. The van der Waals surface area contributed by atoms with Crippen molar-refractivity contribution in [3.05, 3.63) is 97.1 Å². The highest BCUT2D eigenvalue weighted by molar-refractivity contribution is 7.22. The van der Waals surface area contributed by atoms with Crippen LogP contribution in [0.1, 0.15) is 0 Å². The van der Waals surface area contributed by atoms with E-state index in [1.54, 1.807) is 0 Å². The van der Waals surface area contributed by atoms with Gasteiger partial charge in [0.2, 0.25) is 0 Å². The standard InChI is InChI=1S/C28H28N2Si/c1-29(2)21-15-17-27-25(19-21)26-20-22(30(3)4)16-18-28(26)31(27,23-11-7-5-8-12-23)24-13-9-6-10-14-24/h5-20H,1-4H3. The molecule has 0 saturated heterocycles. The quantitative estimate of drug-likeness (QED) is 0.412. The van der Waals surface area contributed by atoms with Crippen LogP contribution in [-0.4, -0.2) is 36.3 Å². The smallest absolute Gasteiger partial charge is 0.180 e. The molecule has 0 spiro atoms. The third kappa shape index (κ3) is 2.92. The molecule has 2 nitrogen and oxygen atoms in total. The van der Waals surface area contributed by atoms with E-state index in [2.05, 4.69) is 135 Å². The molecule has 154 valence electrons. The van der Waals surface area contributed by atoms with E-state index in [0.717, 1.165) is 0 Å². The number of anilines is 2. The number of fused-ring (bicyclic) bond motifs is 3. The molecule has 0 aromatic heterocycles. The van der Waals surface area contributed by atoms with Crippen LogP contribution in [0.25, 0.3) is 11.1 Å². The van der Waals surface area contributed by atoms with Crippen LogP contribution in [0.3, 0.4) is 0 Å². The first-order valence-electron chi connectivity index (χ1n) is 10.8. The van der Waals surface area contributed by atoms with Crippen LogP contribution < -0.4 is 30.5 Å². The van der Waals surface area contributed by atoms with Gasteiger partial charge in [0.1, 0.15) is 0 Å². The molecule has 0 saturated carbocycles. The minimum atomic E-state index is -2.38. The molecule has 0 amide bonds. The molecule has 0 atom stereocenters. The van der Waals surface area contributed by atoms with Gasteiger partial charge in [0.15, 0.2) is 8.07 Å². The summed E-state index contributed by atoms with van der Waals surface area (Å²) in [6.07, 6.45) is 0. The highest BCUT2D eigenvalue weighted by Crippen LogP contribution is 2.33. The molecule has 5 rings (SSSR count). The van der Waals surface area contributed by atoms with Gasteiger partial charge in [-0.2, -0.15) is 0 Å². The molecule has 4 aromatic rings. The van der Waals surface area contributed by atoms with E-state index in [9.17, 15) is 0 Å². The zero-order chi connectivity index (χ0) is 21.6. The Morgan fingerprint density at radius 2 is 0.871 bits per heavy atom. The second-order valence-electron chi connectivity index (χ2n) is 8.73. The van der Waals surface area contributed by atoms with Crippen molar-refractivity contribution >= 4 is 40.2 Å². The lowest BCUT2D eigenvalue weighted by atomic mass is 10.0. The highest BCUT2D eigenvalue weighted by atomic mass is 28.3. The largest absolute Gasteiger partial charge is 0.378 e. The second kappa shape index (κ2) is 7.43. The van der Waals surface area contributed by atoms with Gasteiger partial charge in [0.05, 0.1) is 0 Å². The zero-order valence-electron chi connectivity index (χ0n) is 18.6. The first kappa shape index (κ1) is 19.6. The maximum Gasteiger partial charge on any atom is 0.180 e. The molecular formula is C28H28N2Si. The van der Waals surface area contributed by atoms with E-state index in [1.165, 1.54) is 43.2 Å². The Bertz CT molecular complexity index is 1130. The van der Waals surface area contributed by atoms with Crippen LogP contribution in [0.4, 0.5) is 11.4 Å². The van der Waals surface area contributed by atoms with Crippen LogP contribution in [0.5, 0.6) is 0 Å². The van der Waals surface area contributed by atoms with Gasteiger partial charge in [-0.3, -0.25) is 0 Å². The lowest BCUT2D eigenvalue weighted by Crippen LogP contribution is -2.72. The fourth-order valence-electron chi connectivity index (χ4n) is 5.03. The van der Waals surface area contributed by atoms with Gasteiger partial charge in [0, 0.05) is 39.6 Å². The second-order valence-corrected chi connectivity index (χ2v) is 12.5. The normalized spacial score (nSPS) is 13.4. The molecular weight excluding hydrogens is 392 g/mol. The molecule has 0 radical (unpaired) electrons. The molecule has 4 aromatic carbocycles. The van der Waals surface area contributed by atoms with Crippen LogP contribution >= 0.6 is 0 Å². The summed E-state index contributed by atoms with van der Waals surface area (Å²) in [7, 11) is 6.09. The third-order valence-electron chi connectivity index (χ3n) is 6.55. The predicted molar refractivity (Wildman–Crippen MR) is 138 cm³/mol. The van der Waals surface area contributed by atoms with Crippen molar-refractivity contribution in [2.75, 3.05) is 38.0 Å². The molecule has 0 bridgehead atoms. The Kier molecular flexibility index (Phi) is 4.71. The lowest BCUT2D eigenvalue weighted by molar-refractivity contribution is 1.13. The van der Waals surface area contributed by atoms with Crippen molar-refractivity contribution < 1.29 is 0 Å². The van der Waals surface area contributed by atoms with Crippen molar-refractivity contribution in [1.82, 2.24) is 0 Å². The number of nitrogens with zero attached hydrogens (tertiary/aromatic N) is 2. The summed E-state index contributed by atoms with van der Waals surface area (Å²) in [4.78, 5) is 4.39. The summed E-state index contributed by atoms with van der Waals surface area (Å²) in [5.41, 5.74) is 5.24. The Hall–Kier alpha value is -3.30. The Morgan fingerprint density at radius 3 is 1.23 bits per heavy atom. The topological polar surface area (TPSA) is 6.48 Å². The number of hydrogen-bond acceptors (Lipinski definition) is 2. The first-order chi connectivity index (χ1) is 15.0. The van der Waals surface area contributed by atoms with Gasteiger partial charge < -0.3 is 9.80 Å². The number of hydrogen-bond donors (Lipinski definition) is 0. The highest BCUT2D eigenvalue weighted by Gasteiger charge is 2.48. The molecule has 1 heterocycles. The summed E-state index contributed by atoms with van der Waals surface area (Å²) in [6.45, 7) is 0. The summed E-state index contributed by atoms with van der Waals surface area (Å²) in [6, 6.07) is 36.4. The van der Waals surface area contributed by atoms with Gasteiger partial charge in [-0.1, -0.05) is 72.8 Å². The van der Waals surface area contributed by atoms with Gasteiger partial charge in [-0.15, -0.1) is 0 Å². The maximum atomic E-state index is 2.40. The number of benzene rings is 4. The molecule has 0 fully saturated rings. The van der Waals surface area contributed by atoms with E-state index in [0.29, 0.717) is 0 Å². The summed E-state index contributed by atoms with van der Waals surface area (Å²) in [5.74, 6) is 0. The van der Waals surface area contributed by atoms with Crippen molar-refractivity contribution in [3.8, 4) is 11.1 Å². The molecule has 1 aliphatic rings. The first-order valence-corrected chi connectivity index (χ1v) is 12.8. The minimum Gasteiger partial charge on any atom is -0.378 e. The SMILES string of the molecule is CN(C)c1ccc2c(c1)-c1cc(N(C)C)ccc1[Si]2(c1ccccc1)c1ccccc1. The molecule has 31 heavy (non-hydrogen) atoms. The average molecular weight is 421 g/mol. The summed E-state index contributed by atoms with van der Waals surface area (Å²) >= 11 is 0. The maximum absolute atomic E-state index is 2.40. The summed E-state index contributed by atoms with van der Waals surface area (Å²) < 4.78 is 0. The third-order valence-corrected chi connectivity index (χ3v) is 11.4. The van der Waals surface area contributed by atoms with E-state index in [1.807, 2.05) is 0 Å². The lowest BCUT2D eigenvalue weighted by Gasteiger charge is -2.31. The fourth-order valence-corrected chi connectivity index (χ4v) is 10.2. The Balaban J connectivity index is 1.93. The molecule has 0 N–H and O–H groups in total. The van der Waals surface area contributed by atoms with E-state index >= 15 is 0 Å². The fraction of sp³-hybridized carbons (Fsp3) is 0.143. The average Bonchev–Trinajstić information content (AvgIpc) is 3.10. The van der Waals surface area contributed by atoms with Crippen molar-refractivity contribution in [1.29, 1.82) is 0 Å². The summed E-state index contributed by atoms with van der Waals surface area (Å²) in [5, 5.41) is 5.86. The number of rotatable bonds is 4. The van der Waals surface area contributed by atoms with Crippen LogP contribution in [-0.2, 0) is 0 Å². The Labute approximate surface area is 186 Å². The van der Waals surface area contributed by atoms with Crippen LogP contribution in [0.15, 0.2) is 97.1 Å². The monoisotopic (exact) mass is 420 g/mol. The molecule has 1 aliphatic heterocycles. The van der Waals surface area contributed by atoms with E-state index in [-0.39, 0.29) is 0 Å². The molecule has 0 aliphatic carbocycles. The van der Waals surface area contributed by atoms with Crippen molar-refractivity contribution in [2.45, 2.75) is 0 Å². The van der Waals surface area contributed by atoms with Crippen molar-refractivity contribution in [3.63, 3.8) is 0 Å². The van der Waals surface area contributed by atoms with Crippen LogP contribution in [0.2, 0.25) is 0 Å². The molecule has 0 unspecified atom stereocenters. The van der Waals surface area contributed by atoms with Crippen LogP contribution in [0, 0.1) is 0 Å². The van der Waals surface area contributed by atoms with Gasteiger partial charge in [-0.05, 0) is 56.1 Å². The van der Waals surface area contributed by atoms with E-state index < -0.39 is 8.07 Å². The zero-order valence-corrected chi connectivity index (χ0v) is 19.6. The Morgan fingerprint density at radius 1 is 0.484 bits per heavy atom. The predicted octanol–water partition coefficient (Wildman–Crippen LogP) is 3.18. The van der Waals surface area contributed by atoms with Gasteiger partial charge in [0.25, 0.3) is 0 Å².